The molecule has 1 fully saturated rings. The molecule has 114 valence electrons. The third kappa shape index (κ3) is 3.14. The van der Waals surface area contributed by atoms with Crippen molar-refractivity contribution in [2.75, 3.05) is 13.1 Å². The van der Waals surface area contributed by atoms with Gasteiger partial charge in [0.1, 0.15) is 5.82 Å². The molecular weight excluding hydrogens is 283 g/mol. The molecule has 1 aliphatic heterocycles. The second kappa shape index (κ2) is 6.23. The predicted octanol–water partition coefficient (Wildman–Crippen LogP) is 3.18. The van der Waals surface area contributed by atoms with E-state index < -0.39 is 5.97 Å². The Kier molecular flexibility index (Phi) is 4.15. The van der Waals surface area contributed by atoms with Crippen molar-refractivity contribution < 1.29 is 14.3 Å². The topological polar surface area (TPSA) is 53.4 Å². The number of nitrogens with zero attached hydrogens (tertiary/aromatic N) is 2. The van der Waals surface area contributed by atoms with Gasteiger partial charge in [0.25, 0.3) is 0 Å². The van der Waals surface area contributed by atoms with Crippen molar-refractivity contribution in [3.05, 3.63) is 53.5 Å². The maximum Gasteiger partial charge on any atom is 0.337 e. The molecule has 1 N–H and O–H groups in total. The lowest BCUT2D eigenvalue weighted by atomic mass is 10.1. The number of aromatic nitrogens is 1. The first-order valence-electron chi connectivity index (χ1n) is 7.35. The largest absolute Gasteiger partial charge is 0.478 e. The van der Waals surface area contributed by atoms with Crippen LogP contribution in [0.1, 0.15) is 28.9 Å². The van der Waals surface area contributed by atoms with Gasteiger partial charge in [0.15, 0.2) is 0 Å². The number of carboxylic acid groups (broad SMARTS) is 1. The monoisotopic (exact) mass is 300 g/mol. The first-order valence-corrected chi connectivity index (χ1v) is 7.35. The van der Waals surface area contributed by atoms with Gasteiger partial charge in [0.2, 0.25) is 0 Å². The first kappa shape index (κ1) is 14.7. The van der Waals surface area contributed by atoms with Gasteiger partial charge in [-0.2, -0.15) is 0 Å². The molecule has 3 rings (SSSR count). The van der Waals surface area contributed by atoms with Crippen molar-refractivity contribution in [1.29, 1.82) is 0 Å². The van der Waals surface area contributed by atoms with E-state index in [-0.39, 0.29) is 11.4 Å². The Balaban J connectivity index is 1.95. The summed E-state index contributed by atoms with van der Waals surface area (Å²) in [5, 5.41) is 9.33. The number of likely N-dealkylation sites (tertiary alicyclic amines) is 1. The molecule has 2 aromatic rings. The van der Waals surface area contributed by atoms with Gasteiger partial charge in [0.05, 0.1) is 17.0 Å². The molecule has 2 heterocycles. The summed E-state index contributed by atoms with van der Waals surface area (Å²) in [5.41, 5.74) is 2.24. The second-order valence-corrected chi connectivity index (χ2v) is 5.49. The SMILES string of the molecule is O=C(O)c1ccc(-c2ccc(F)cc2)nc1CN1CCCC1. The van der Waals surface area contributed by atoms with Gasteiger partial charge >= 0.3 is 5.97 Å². The fourth-order valence-electron chi connectivity index (χ4n) is 2.75. The van der Waals surface area contributed by atoms with Crippen molar-refractivity contribution in [2.45, 2.75) is 19.4 Å². The van der Waals surface area contributed by atoms with E-state index in [1.165, 1.54) is 12.1 Å². The zero-order chi connectivity index (χ0) is 15.5. The Bertz CT molecular complexity index is 680. The minimum atomic E-state index is -0.965. The summed E-state index contributed by atoms with van der Waals surface area (Å²) >= 11 is 0. The van der Waals surface area contributed by atoms with Gasteiger partial charge < -0.3 is 5.11 Å². The number of aromatic carboxylic acids is 1. The molecule has 22 heavy (non-hydrogen) atoms. The number of rotatable bonds is 4. The fraction of sp³-hybridized carbons (Fsp3) is 0.294. The summed E-state index contributed by atoms with van der Waals surface area (Å²) in [5.74, 6) is -1.27. The smallest absolute Gasteiger partial charge is 0.337 e. The van der Waals surface area contributed by atoms with Crippen molar-refractivity contribution >= 4 is 5.97 Å². The van der Waals surface area contributed by atoms with E-state index in [1.54, 1.807) is 24.3 Å². The fourth-order valence-corrected chi connectivity index (χ4v) is 2.75. The van der Waals surface area contributed by atoms with Crippen LogP contribution in [0.5, 0.6) is 0 Å². The Hall–Kier alpha value is -2.27. The lowest BCUT2D eigenvalue weighted by Crippen LogP contribution is -2.21. The van der Waals surface area contributed by atoms with Crippen LogP contribution < -0.4 is 0 Å². The summed E-state index contributed by atoms with van der Waals surface area (Å²) in [7, 11) is 0. The van der Waals surface area contributed by atoms with E-state index in [4.69, 9.17) is 0 Å². The minimum Gasteiger partial charge on any atom is -0.478 e. The van der Waals surface area contributed by atoms with Gasteiger partial charge in [-0.1, -0.05) is 0 Å². The summed E-state index contributed by atoms with van der Waals surface area (Å²) in [6.45, 7) is 2.49. The highest BCUT2D eigenvalue weighted by Gasteiger charge is 2.18. The van der Waals surface area contributed by atoms with Crippen LogP contribution in [0, 0.1) is 5.82 Å². The van der Waals surface area contributed by atoms with Crippen LogP contribution in [0.3, 0.4) is 0 Å². The maximum atomic E-state index is 13.0. The maximum absolute atomic E-state index is 13.0. The summed E-state index contributed by atoms with van der Waals surface area (Å²) in [4.78, 5) is 18.1. The quantitative estimate of drug-likeness (QED) is 0.942. The summed E-state index contributed by atoms with van der Waals surface area (Å²) < 4.78 is 13.0. The number of hydrogen-bond acceptors (Lipinski definition) is 3. The van der Waals surface area contributed by atoms with Crippen LogP contribution >= 0.6 is 0 Å². The molecule has 0 radical (unpaired) electrons. The molecule has 0 saturated carbocycles. The van der Waals surface area contributed by atoms with Crippen LogP contribution in [0.4, 0.5) is 4.39 Å². The predicted molar refractivity (Wildman–Crippen MR) is 81.1 cm³/mol. The number of hydrogen-bond donors (Lipinski definition) is 1. The zero-order valence-electron chi connectivity index (χ0n) is 12.1. The average molecular weight is 300 g/mol. The van der Waals surface area contributed by atoms with E-state index in [0.29, 0.717) is 17.9 Å². The van der Waals surface area contributed by atoms with E-state index in [9.17, 15) is 14.3 Å². The van der Waals surface area contributed by atoms with Gasteiger partial charge in [-0.15, -0.1) is 0 Å². The molecule has 1 aromatic carbocycles. The van der Waals surface area contributed by atoms with Gasteiger partial charge in [-0.25, -0.2) is 9.18 Å². The van der Waals surface area contributed by atoms with Crippen molar-refractivity contribution in [1.82, 2.24) is 9.88 Å². The van der Waals surface area contributed by atoms with Crippen molar-refractivity contribution in [3.8, 4) is 11.3 Å². The Morgan fingerprint density at radius 1 is 1.14 bits per heavy atom. The third-order valence-electron chi connectivity index (χ3n) is 3.92. The molecular formula is C17H17FN2O2. The molecule has 0 atom stereocenters. The Labute approximate surface area is 128 Å². The molecule has 4 nitrogen and oxygen atoms in total. The average Bonchev–Trinajstić information content (AvgIpc) is 3.00. The number of halogens is 1. The lowest BCUT2D eigenvalue weighted by Gasteiger charge is -2.16. The lowest BCUT2D eigenvalue weighted by molar-refractivity contribution is 0.0694. The zero-order valence-corrected chi connectivity index (χ0v) is 12.1. The van der Waals surface area contributed by atoms with Crippen LogP contribution in [0.25, 0.3) is 11.3 Å². The van der Waals surface area contributed by atoms with Crippen LogP contribution in [0.15, 0.2) is 36.4 Å². The highest BCUT2D eigenvalue weighted by atomic mass is 19.1. The Morgan fingerprint density at radius 2 is 1.82 bits per heavy atom. The summed E-state index contributed by atoms with van der Waals surface area (Å²) in [6.07, 6.45) is 2.28. The van der Waals surface area contributed by atoms with E-state index >= 15 is 0 Å². The van der Waals surface area contributed by atoms with Crippen LogP contribution in [-0.4, -0.2) is 34.0 Å². The molecule has 1 saturated heterocycles. The molecule has 0 aliphatic carbocycles. The first-order chi connectivity index (χ1) is 10.6. The molecule has 1 aliphatic rings. The number of benzene rings is 1. The molecule has 0 spiro atoms. The summed E-state index contributed by atoms with van der Waals surface area (Å²) in [6, 6.07) is 9.31. The third-order valence-corrected chi connectivity index (χ3v) is 3.92. The van der Waals surface area contributed by atoms with Gasteiger partial charge in [-0.3, -0.25) is 9.88 Å². The van der Waals surface area contributed by atoms with Crippen LogP contribution in [-0.2, 0) is 6.54 Å². The van der Waals surface area contributed by atoms with Crippen LogP contribution in [0.2, 0.25) is 0 Å². The van der Waals surface area contributed by atoms with Crippen molar-refractivity contribution in [3.63, 3.8) is 0 Å². The number of carboxylic acids is 1. The highest BCUT2D eigenvalue weighted by Crippen LogP contribution is 2.21. The normalized spacial score (nSPS) is 15.1. The van der Waals surface area contributed by atoms with E-state index in [0.717, 1.165) is 31.5 Å². The van der Waals surface area contributed by atoms with Gasteiger partial charge in [0, 0.05) is 12.1 Å². The van der Waals surface area contributed by atoms with Gasteiger partial charge in [-0.05, 0) is 62.3 Å². The molecule has 5 heteroatoms. The van der Waals surface area contributed by atoms with E-state index in [1.807, 2.05) is 0 Å². The molecule has 0 unspecified atom stereocenters. The second-order valence-electron chi connectivity index (χ2n) is 5.49. The number of carbonyl (C=O) groups is 1. The highest BCUT2D eigenvalue weighted by molar-refractivity contribution is 5.89. The Morgan fingerprint density at radius 3 is 2.45 bits per heavy atom. The number of pyridine rings is 1. The molecule has 0 amide bonds. The van der Waals surface area contributed by atoms with Crippen molar-refractivity contribution in [2.24, 2.45) is 0 Å². The standard InChI is InChI=1S/C17H17FN2O2/c18-13-5-3-12(4-6-13)15-8-7-14(17(21)22)16(19-15)11-20-9-1-2-10-20/h3-8H,1-2,9-11H2,(H,21,22). The minimum absolute atomic E-state index is 0.234. The molecule has 0 bridgehead atoms. The molecule has 1 aromatic heterocycles. The van der Waals surface area contributed by atoms with E-state index in [2.05, 4.69) is 9.88 Å².